The second-order valence-electron chi connectivity index (χ2n) is 14.4. The third kappa shape index (κ3) is 4.71. The predicted molar refractivity (Wildman–Crippen MR) is 141 cm³/mol. The Hall–Kier alpha value is -0.0831. The minimum Gasteiger partial charge on any atom is -0.415 e. The van der Waals surface area contributed by atoms with E-state index >= 15 is 0 Å². The summed E-state index contributed by atoms with van der Waals surface area (Å²) in [6.45, 7) is 19.8. The zero-order valence-electron chi connectivity index (χ0n) is 22.8. The minimum atomic E-state index is -1.44. The van der Waals surface area contributed by atoms with Crippen LogP contribution in [-0.4, -0.2) is 14.4 Å². The van der Waals surface area contributed by atoms with Crippen LogP contribution in [0.3, 0.4) is 0 Å². The summed E-state index contributed by atoms with van der Waals surface area (Å²) in [5.74, 6) is 5.31. The van der Waals surface area contributed by atoms with Gasteiger partial charge in [0.15, 0.2) is 8.32 Å². The fourth-order valence-corrected chi connectivity index (χ4v) is 10.3. The van der Waals surface area contributed by atoms with Gasteiger partial charge in [0, 0.05) is 6.10 Å². The SMILES string of the molecule is CC(C)CCC[C@@H](C)[C@H]1CC[C@H]2C3=CCC4C[C@@H](O[Si](C)(C)C)CC[C@]4(C)[C@H]3CC[C@]12C. The predicted octanol–water partition coefficient (Wildman–Crippen LogP) is 9.25. The maximum Gasteiger partial charge on any atom is 0.184 e. The summed E-state index contributed by atoms with van der Waals surface area (Å²) in [4.78, 5) is 0. The molecule has 0 aliphatic heterocycles. The third-order valence-corrected chi connectivity index (χ3v) is 11.8. The molecule has 0 amide bonds. The Morgan fingerprint density at radius 1 is 0.938 bits per heavy atom. The Morgan fingerprint density at radius 3 is 2.31 bits per heavy atom. The standard InChI is InChI=1S/C30H54OSi/c1-21(2)10-9-11-22(3)26-14-15-27-25-13-12-23-20-24(31-32(6,7)8)16-18-29(23,4)28(25)17-19-30(26,27)5/h13,21-24,26-28H,9-12,14-20H2,1-8H3/t22-,23?,24+,26-,27+,28+,29+,30-/m1/s1. The lowest BCUT2D eigenvalue weighted by atomic mass is 9.47. The zero-order chi connectivity index (χ0) is 23.3. The van der Waals surface area contributed by atoms with Crippen molar-refractivity contribution in [2.75, 3.05) is 0 Å². The average molecular weight is 459 g/mol. The molecule has 2 heteroatoms. The first-order valence-corrected chi connectivity index (χ1v) is 17.7. The highest BCUT2D eigenvalue weighted by molar-refractivity contribution is 6.69. The summed E-state index contributed by atoms with van der Waals surface area (Å²) >= 11 is 0. The third-order valence-electron chi connectivity index (χ3n) is 10.8. The maximum atomic E-state index is 6.60. The van der Waals surface area contributed by atoms with E-state index in [1.165, 1.54) is 70.6 Å². The lowest BCUT2D eigenvalue weighted by molar-refractivity contribution is -0.0384. The Bertz CT molecular complexity index is 689. The van der Waals surface area contributed by atoms with Crippen molar-refractivity contribution in [1.82, 2.24) is 0 Å². The molecular weight excluding hydrogens is 404 g/mol. The van der Waals surface area contributed by atoms with Crippen molar-refractivity contribution >= 4 is 8.32 Å². The molecule has 32 heavy (non-hydrogen) atoms. The first-order chi connectivity index (χ1) is 14.9. The average Bonchev–Trinajstić information content (AvgIpc) is 3.04. The summed E-state index contributed by atoms with van der Waals surface area (Å²) in [6, 6.07) is 0. The molecule has 184 valence electrons. The van der Waals surface area contributed by atoms with E-state index in [0.29, 0.717) is 16.9 Å². The lowest BCUT2D eigenvalue weighted by Gasteiger charge is -2.58. The van der Waals surface area contributed by atoms with Gasteiger partial charge in [-0.2, -0.15) is 0 Å². The van der Waals surface area contributed by atoms with Crippen LogP contribution < -0.4 is 0 Å². The highest BCUT2D eigenvalue weighted by Crippen LogP contribution is 2.67. The van der Waals surface area contributed by atoms with Gasteiger partial charge in [-0.25, -0.2) is 0 Å². The van der Waals surface area contributed by atoms with Gasteiger partial charge in [0.25, 0.3) is 0 Å². The Labute approximate surface area is 201 Å². The van der Waals surface area contributed by atoms with E-state index in [4.69, 9.17) is 4.43 Å². The van der Waals surface area contributed by atoms with Gasteiger partial charge in [-0.3, -0.25) is 0 Å². The van der Waals surface area contributed by atoms with Crippen LogP contribution in [-0.2, 0) is 4.43 Å². The number of hydrogen-bond donors (Lipinski definition) is 0. The molecule has 1 unspecified atom stereocenters. The molecule has 0 aromatic heterocycles. The lowest BCUT2D eigenvalue weighted by Crippen LogP contribution is -2.50. The first-order valence-electron chi connectivity index (χ1n) is 14.3. The summed E-state index contributed by atoms with van der Waals surface area (Å²) in [7, 11) is -1.44. The van der Waals surface area contributed by atoms with Crippen molar-refractivity contribution in [2.45, 2.75) is 131 Å². The first kappa shape index (κ1) is 25.0. The van der Waals surface area contributed by atoms with Crippen molar-refractivity contribution in [1.29, 1.82) is 0 Å². The van der Waals surface area contributed by atoms with E-state index < -0.39 is 8.32 Å². The molecule has 4 aliphatic rings. The fraction of sp³-hybridized carbons (Fsp3) is 0.933. The van der Waals surface area contributed by atoms with Gasteiger partial charge in [0.2, 0.25) is 0 Å². The van der Waals surface area contributed by atoms with Crippen molar-refractivity contribution in [3.63, 3.8) is 0 Å². The van der Waals surface area contributed by atoms with Crippen LogP contribution in [0.1, 0.15) is 105 Å². The van der Waals surface area contributed by atoms with Gasteiger partial charge in [-0.05, 0) is 117 Å². The van der Waals surface area contributed by atoms with Crippen LogP contribution >= 0.6 is 0 Å². The number of hydrogen-bond acceptors (Lipinski definition) is 1. The minimum absolute atomic E-state index is 0.533. The molecule has 1 nitrogen and oxygen atoms in total. The summed E-state index contributed by atoms with van der Waals surface area (Å²) in [5.41, 5.74) is 3.03. The molecule has 0 bridgehead atoms. The van der Waals surface area contributed by atoms with Gasteiger partial charge in [0.1, 0.15) is 0 Å². The molecule has 8 atom stereocenters. The zero-order valence-corrected chi connectivity index (χ0v) is 23.8. The normalized spacial score (nSPS) is 42.8. The molecule has 0 aromatic carbocycles. The van der Waals surface area contributed by atoms with Crippen molar-refractivity contribution in [3.05, 3.63) is 11.6 Å². The molecule has 0 radical (unpaired) electrons. The highest BCUT2D eigenvalue weighted by Gasteiger charge is 2.58. The molecule has 4 aliphatic carbocycles. The number of rotatable bonds is 7. The summed E-state index contributed by atoms with van der Waals surface area (Å²) in [6.07, 6.45) is 18.9. The van der Waals surface area contributed by atoms with E-state index in [1.807, 2.05) is 5.57 Å². The van der Waals surface area contributed by atoms with Crippen LogP contribution in [0.5, 0.6) is 0 Å². The Balaban J connectivity index is 1.46. The van der Waals surface area contributed by atoms with Crippen LogP contribution in [0.4, 0.5) is 0 Å². The molecular formula is C30H54OSi. The molecule has 0 spiro atoms. The van der Waals surface area contributed by atoms with Crippen molar-refractivity contribution in [3.8, 4) is 0 Å². The Kier molecular flexibility index (Phi) is 7.17. The van der Waals surface area contributed by atoms with Crippen LogP contribution in [0.2, 0.25) is 19.6 Å². The summed E-state index contributed by atoms with van der Waals surface area (Å²) < 4.78 is 6.60. The fourth-order valence-electron chi connectivity index (χ4n) is 9.10. The van der Waals surface area contributed by atoms with Crippen molar-refractivity contribution < 1.29 is 4.43 Å². The molecule has 0 aromatic rings. The smallest absolute Gasteiger partial charge is 0.184 e. The molecule has 0 saturated heterocycles. The van der Waals surface area contributed by atoms with Crippen LogP contribution in [0, 0.1) is 46.3 Å². The number of allylic oxidation sites excluding steroid dienone is 2. The van der Waals surface area contributed by atoms with Crippen LogP contribution in [0.25, 0.3) is 0 Å². The van der Waals surface area contributed by atoms with Crippen molar-refractivity contribution in [2.24, 2.45) is 46.3 Å². The quantitative estimate of drug-likeness (QED) is 0.273. The van der Waals surface area contributed by atoms with Gasteiger partial charge in [-0.1, -0.05) is 65.5 Å². The van der Waals surface area contributed by atoms with E-state index in [-0.39, 0.29) is 0 Å². The second-order valence-corrected chi connectivity index (χ2v) is 18.9. The highest BCUT2D eigenvalue weighted by atomic mass is 28.4. The largest absolute Gasteiger partial charge is 0.415 e. The molecule has 3 fully saturated rings. The summed E-state index contributed by atoms with van der Waals surface area (Å²) in [5, 5.41) is 0. The van der Waals surface area contributed by atoms with E-state index in [1.54, 1.807) is 0 Å². The van der Waals surface area contributed by atoms with Gasteiger partial charge < -0.3 is 4.43 Å². The van der Waals surface area contributed by atoms with E-state index in [9.17, 15) is 0 Å². The van der Waals surface area contributed by atoms with E-state index in [2.05, 4.69) is 60.3 Å². The van der Waals surface area contributed by atoms with Gasteiger partial charge >= 0.3 is 0 Å². The van der Waals surface area contributed by atoms with E-state index in [0.717, 1.165) is 35.5 Å². The van der Waals surface area contributed by atoms with Crippen LogP contribution in [0.15, 0.2) is 11.6 Å². The van der Waals surface area contributed by atoms with Gasteiger partial charge in [0.05, 0.1) is 0 Å². The monoisotopic (exact) mass is 458 g/mol. The Morgan fingerprint density at radius 2 is 1.62 bits per heavy atom. The number of fused-ring (bicyclic) bond motifs is 5. The van der Waals surface area contributed by atoms with Gasteiger partial charge in [-0.15, -0.1) is 0 Å². The maximum absolute atomic E-state index is 6.60. The molecule has 4 rings (SSSR count). The second kappa shape index (κ2) is 9.18. The molecule has 3 saturated carbocycles. The molecule has 0 heterocycles. The molecule has 0 N–H and O–H groups in total. The topological polar surface area (TPSA) is 9.23 Å².